The highest BCUT2D eigenvalue weighted by atomic mass is 127. The monoisotopic (exact) mass is 762 g/mol. The number of hydrogen-bond donors (Lipinski definition) is 2. The Hall–Kier alpha value is -0.493. The van der Waals surface area contributed by atoms with Gasteiger partial charge in [0.25, 0.3) is 5.56 Å². The highest BCUT2D eigenvalue weighted by Crippen LogP contribution is 2.52. The lowest BCUT2D eigenvalue weighted by Crippen LogP contribution is -2.55. The number of alkyl halides is 1. The van der Waals surface area contributed by atoms with E-state index in [1.54, 1.807) is 11.7 Å². The normalized spacial score (nSPS) is 27.9. The molecule has 43 heavy (non-hydrogen) atoms. The van der Waals surface area contributed by atoms with Crippen LogP contribution in [0.3, 0.4) is 0 Å². The van der Waals surface area contributed by atoms with Crippen molar-refractivity contribution in [1.82, 2.24) is 19.5 Å². The quantitative estimate of drug-likeness (QED) is 0.126. The maximum atomic E-state index is 14.1. The predicted molar refractivity (Wildman–Crippen MR) is 174 cm³/mol. The smallest absolute Gasteiger partial charge is 0.408 e. The van der Waals surface area contributed by atoms with E-state index in [0.29, 0.717) is 17.4 Å². The zero-order valence-electron chi connectivity index (χ0n) is 26.8. The van der Waals surface area contributed by atoms with Crippen molar-refractivity contribution in [2.45, 2.75) is 115 Å². The van der Waals surface area contributed by atoms with E-state index in [-0.39, 0.29) is 42.5 Å². The molecule has 3 unspecified atom stereocenters. The van der Waals surface area contributed by atoms with E-state index in [1.807, 2.05) is 11.9 Å². The summed E-state index contributed by atoms with van der Waals surface area (Å²) in [6.07, 6.45) is 0.0229. The van der Waals surface area contributed by atoms with Crippen molar-refractivity contribution in [1.29, 1.82) is 0 Å². The van der Waals surface area contributed by atoms with Crippen molar-refractivity contribution in [3.05, 3.63) is 32.9 Å². The highest BCUT2D eigenvalue weighted by molar-refractivity contribution is 14.1. The van der Waals surface area contributed by atoms with Crippen LogP contribution in [-0.2, 0) is 27.5 Å². The Morgan fingerprint density at radius 1 is 1.26 bits per heavy atom. The molecule has 0 aromatic carbocycles. The van der Waals surface area contributed by atoms with E-state index >= 15 is 0 Å². The van der Waals surface area contributed by atoms with E-state index < -0.39 is 51.6 Å². The van der Waals surface area contributed by atoms with E-state index in [9.17, 15) is 18.5 Å². The van der Waals surface area contributed by atoms with Gasteiger partial charge in [-0.1, -0.05) is 43.4 Å². The summed E-state index contributed by atoms with van der Waals surface area (Å²) in [4.78, 5) is 26.1. The summed E-state index contributed by atoms with van der Waals surface area (Å²) in [5.74, 6) is -1.10. The number of nitrogens with zero attached hydrogens (tertiary/aromatic N) is 2. The lowest BCUT2D eigenvalue weighted by atomic mass is 9.95. The minimum Gasteiger partial charge on any atom is -0.411 e. The number of nitrogens with one attached hydrogen (secondary N) is 2. The minimum atomic E-state index is -3.78. The second-order valence-corrected chi connectivity index (χ2v) is 21.5. The van der Waals surface area contributed by atoms with Gasteiger partial charge in [-0.2, -0.15) is 4.39 Å². The van der Waals surface area contributed by atoms with Crippen LogP contribution in [0.1, 0.15) is 67.0 Å². The first-order chi connectivity index (χ1) is 19.8. The Kier molecular flexibility index (Phi) is 12.5. The van der Waals surface area contributed by atoms with Crippen molar-refractivity contribution in [3.63, 3.8) is 0 Å². The molecule has 2 aliphatic heterocycles. The number of H-pyrrole nitrogens is 1. The Morgan fingerprint density at radius 3 is 2.53 bits per heavy atom. The standard InChI is InChI=1S/C27H49FIN4O8PSi/c1-18-15-27(5,6)31-22(39-18)10-13-37-42(36,32(7)12-11-29)38-17-21-20(41-43(8,9)26(2,3)4)14-23(40-21)33-16-19(28)24(34)30-25(33)35/h16,18,20-23,31H,10-15,17H2,1-9H3,(H,30,34,35)/t18?,20-,21+,22?,23+,42?/m0/s1. The van der Waals surface area contributed by atoms with Crippen molar-refractivity contribution in [3.8, 4) is 0 Å². The second-order valence-electron chi connectivity index (χ2n) is 13.5. The number of hydrogen-bond acceptors (Lipinski definition) is 9. The zero-order valence-corrected chi connectivity index (χ0v) is 30.8. The third kappa shape index (κ3) is 9.75. The van der Waals surface area contributed by atoms with Crippen molar-refractivity contribution >= 4 is 38.7 Å². The van der Waals surface area contributed by atoms with Gasteiger partial charge in [0, 0.05) is 29.4 Å². The van der Waals surface area contributed by atoms with Crippen LogP contribution in [0, 0.1) is 5.82 Å². The van der Waals surface area contributed by atoms with Gasteiger partial charge in [-0.05, 0) is 52.4 Å². The molecule has 248 valence electrons. The molecule has 12 nitrogen and oxygen atoms in total. The Labute approximate surface area is 268 Å². The predicted octanol–water partition coefficient (Wildman–Crippen LogP) is 4.75. The molecule has 0 radical (unpaired) electrons. The van der Waals surface area contributed by atoms with Crippen molar-refractivity contribution < 1.29 is 31.9 Å². The molecule has 0 spiro atoms. The molecule has 2 N–H and O–H groups in total. The van der Waals surface area contributed by atoms with E-state index in [1.165, 1.54) is 0 Å². The van der Waals surface area contributed by atoms with Crippen LogP contribution in [0.5, 0.6) is 0 Å². The maximum Gasteiger partial charge on any atom is 0.408 e. The molecule has 1 aromatic rings. The molecular weight excluding hydrogens is 713 g/mol. The average molecular weight is 763 g/mol. The van der Waals surface area contributed by atoms with Gasteiger partial charge in [-0.3, -0.25) is 28.7 Å². The van der Waals surface area contributed by atoms with Gasteiger partial charge in [0.2, 0.25) is 5.82 Å². The molecule has 0 amide bonds. The average Bonchev–Trinajstić information content (AvgIpc) is 3.24. The lowest BCUT2D eigenvalue weighted by Gasteiger charge is -2.41. The SMILES string of the molecule is CC1CC(C)(C)NC(CCOP(=O)(OC[C@H]2O[C@@H](n3cc(F)c(=O)[nH]c3=O)C[C@@H]2O[Si](C)(C)C(C)(C)C)N(C)CCI)O1. The topological polar surface area (TPSA) is 133 Å². The first-order valence-corrected chi connectivity index (χ1v) is 20.6. The summed E-state index contributed by atoms with van der Waals surface area (Å²) < 4.78 is 62.4. The van der Waals surface area contributed by atoms with E-state index in [0.717, 1.165) is 17.2 Å². The van der Waals surface area contributed by atoms with Gasteiger partial charge >= 0.3 is 13.4 Å². The fraction of sp³-hybridized carbons (Fsp3) is 0.852. The van der Waals surface area contributed by atoms with Crippen LogP contribution < -0.4 is 16.6 Å². The van der Waals surface area contributed by atoms with Crippen LogP contribution in [0.4, 0.5) is 4.39 Å². The van der Waals surface area contributed by atoms with Gasteiger partial charge in [0.1, 0.15) is 18.6 Å². The Bertz CT molecular complexity index is 1260. The molecule has 0 saturated carbocycles. The maximum absolute atomic E-state index is 14.1. The number of aromatic amines is 1. The first kappa shape index (κ1) is 37.0. The van der Waals surface area contributed by atoms with Crippen molar-refractivity contribution in [2.75, 3.05) is 31.2 Å². The second kappa shape index (κ2) is 14.5. The molecule has 2 fully saturated rings. The molecule has 3 rings (SSSR count). The number of halogens is 2. The van der Waals surface area contributed by atoms with E-state index in [4.69, 9.17) is 22.9 Å². The van der Waals surface area contributed by atoms with Gasteiger partial charge < -0.3 is 13.9 Å². The van der Waals surface area contributed by atoms with Gasteiger partial charge in [-0.15, -0.1) is 0 Å². The minimum absolute atomic E-state index is 0.0831. The first-order valence-electron chi connectivity index (χ1n) is 14.7. The van der Waals surface area contributed by atoms with Crippen LogP contribution in [0.2, 0.25) is 18.1 Å². The summed E-state index contributed by atoms with van der Waals surface area (Å²) in [7, 11) is -4.42. The van der Waals surface area contributed by atoms with Crippen LogP contribution in [0.15, 0.2) is 15.8 Å². The van der Waals surface area contributed by atoms with E-state index in [2.05, 4.69) is 75.6 Å². The van der Waals surface area contributed by atoms with Crippen LogP contribution in [0.25, 0.3) is 0 Å². The molecule has 2 saturated heterocycles. The fourth-order valence-corrected chi connectivity index (χ4v) is 8.96. The third-order valence-electron chi connectivity index (χ3n) is 8.28. The summed E-state index contributed by atoms with van der Waals surface area (Å²) >= 11 is 2.20. The molecule has 6 atom stereocenters. The van der Waals surface area contributed by atoms with Gasteiger partial charge in [0.05, 0.1) is 31.6 Å². The molecule has 16 heteroatoms. The zero-order chi connectivity index (χ0) is 32.4. The number of aromatic nitrogens is 2. The summed E-state index contributed by atoms with van der Waals surface area (Å²) in [5.41, 5.74) is -1.99. The van der Waals surface area contributed by atoms with Crippen molar-refractivity contribution in [2.24, 2.45) is 0 Å². The molecule has 0 aliphatic carbocycles. The van der Waals surface area contributed by atoms with Gasteiger partial charge in [0.15, 0.2) is 8.32 Å². The molecular formula is C27H49FIN4O8PSi. The Balaban J connectivity index is 1.79. The molecule has 0 bridgehead atoms. The van der Waals surface area contributed by atoms with Crippen LogP contribution in [-0.4, -0.2) is 83.9 Å². The van der Waals surface area contributed by atoms with Crippen LogP contribution >= 0.6 is 30.3 Å². The number of rotatable bonds is 13. The summed E-state index contributed by atoms with van der Waals surface area (Å²) in [6, 6.07) is 0. The lowest BCUT2D eigenvalue weighted by molar-refractivity contribution is -0.0943. The summed E-state index contributed by atoms with van der Waals surface area (Å²) in [6.45, 7) is 17.2. The highest BCUT2D eigenvalue weighted by Gasteiger charge is 2.46. The fourth-order valence-electron chi connectivity index (χ4n) is 5.01. The molecule has 1 aromatic heterocycles. The molecule has 2 aliphatic rings. The molecule has 3 heterocycles. The largest absolute Gasteiger partial charge is 0.411 e. The summed E-state index contributed by atoms with van der Waals surface area (Å²) in [5, 5.41) is 3.33. The van der Waals surface area contributed by atoms with Gasteiger partial charge in [-0.25, -0.2) is 14.0 Å². The number of ether oxygens (including phenoxy) is 2. The third-order valence-corrected chi connectivity index (χ3v) is 15.3. The Morgan fingerprint density at radius 2 is 1.93 bits per heavy atom.